The summed E-state index contributed by atoms with van der Waals surface area (Å²) < 4.78 is 5.45. The number of aliphatic hydroxyl groups is 1. The number of ether oxygens (including phenoxy) is 1. The molecule has 1 aromatic rings. The van der Waals surface area contributed by atoms with Crippen LogP contribution in [0.25, 0.3) is 0 Å². The van der Waals surface area contributed by atoms with Gasteiger partial charge >= 0.3 is 0 Å². The number of benzene rings is 1. The molecule has 1 aliphatic rings. The first-order valence-corrected chi connectivity index (χ1v) is 5.60. The fourth-order valence-corrected chi connectivity index (χ4v) is 2.17. The minimum atomic E-state index is -0.787. The highest BCUT2D eigenvalue weighted by Gasteiger charge is 2.40. The zero-order valence-corrected chi connectivity index (χ0v) is 9.36. The molecule has 1 saturated heterocycles. The molecule has 0 spiro atoms. The summed E-state index contributed by atoms with van der Waals surface area (Å²) in [4.78, 5) is 0. The Labute approximate surface area is 90.9 Å². The van der Waals surface area contributed by atoms with Crippen molar-refractivity contribution in [3.8, 4) is 0 Å². The Balaban J connectivity index is 2.35. The van der Waals surface area contributed by atoms with Crippen LogP contribution in [0.2, 0.25) is 0 Å². The molecule has 2 nitrogen and oxygen atoms in total. The van der Waals surface area contributed by atoms with Gasteiger partial charge in [-0.1, -0.05) is 31.2 Å². The maximum Gasteiger partial charge on any atom is 0.118 e. The smallest absolute Gasteiger partial charge is 0.118 e. The first-order chi connectivity index (χ1) is 7.16. The molecule has 2 atom stereocenters. The Morgan fingerprint density at radius 2 is 2.33 bits per heavy atom. The molecule has 0 radical (unpaired) electrons. The van der Waals surface area contributed by atoms with E-state index >= 15 is 0 Å². The van der Waals surface area contributed by atoms with E-state index in [0.29, 0.717) is 13.0 Å². The maximum absolute atomic E-state index is 10.5. The van der Waals surface area contributed by atoms with Crippen LogP contribution in [0.1, 0.15) is 31.4 Å². The van der Waals surface area contributed by atoms with E-state index in [4.69, 9.17) is 4.74 Å². The maximum atomic E-state index is 10.5. The summed E-state index contributed by atoms with van der Waals surface area (Å²) in [7, 11) is 0. The molecule has 1 aliphatic heterocycles. The first-order valence-electron chi connectivity index (χ1n) is 5.60. The summed E-state index contributed by atoms with van der Waals surface area (Å²) in [5, 5.41) is 10.5. The second kappa shape index (κ2) is 3.95. The molecule has 0 aromatic heterocycles. The van der Waals surface area contributed by atoms with Crippen molar-refractivity contribution in [2.75, 3.05) is 6.61 Å². The van der Waals surface area contributed by atoms with Crippen molar-refractivity contribution >= 4 is 0 Å². The van der Waals surface area contributed by atoms with Gasteiger partial charge in [-0.25, -0.2) is 0 Å². The zero-order chi connectivity index (χ0) is 10.9. The molecule has 1 heterocycles. The molecular formula is C13H18O2. The number of hydrogen-bond acceptors (Lipinski definition) is 2. The van der Waals surface area contributed by atoms with Gasteiger partial charge in [0.1, 0.15) is 5.60 Å². The highest BCUT2D eigenvalue weighted by atomic mass is 16.5. The third kappa shape index (κ3) is 1.80. The van der Waals surface area contributed by atoms with Gasteiger partial charge in [-0.2, -0.15) is 0 Å². The second-order valence-corrected chi connectivity index (χ2v) is 4.24. The van der Waals surface area contributed by atoms with Crippen LogP contribution in [-0.2, 0) is 16.8 Å². The van der Waals surface area contributed by atoms with Crippen LogP contribution >= 0.6 is 0 Å². The van der Waals surface area contributed by atoms with E-state index in [2.05, 4.69) is 19.1 Å². The fraction of sp³-hybridized carbons (Fsp3) is 0.538. The average Bonchev–Trinajstić information content (AvgIpc) is 2.61. The van der Waals surface area contributed by atoms with Gasteiger partial charge in [0, 0.05) is 6.42 Å². The minimum Gasteiger partial charge on any atom is -0.382 e. The van der Waals surface area contributed by atoms with Gasteiger partial charge < -0.3 is 9.84 Å². The van der Waals surface area contributed by atoms with E-state index < -0.39 is 5.60 Å². The van der Waals surface area contributed by atoms with E-state index in [9.17, 15) is 5.11 Å². The molecule has 1 fully saturated rings. The van der Waals surface area contributed by atoms with Crippen LogP contribution < -0.4 is 0 Å². The van der Waals surface area contributed by atoms with E-state index in [-0.39, 0.29) is 6.10 Å². The van der Waals surface area contributed by atoms with Gasteiger partial charge in [0.05, 0.1) is 12.7 Å². The van der Waals surface area contributed by atoms with Crippen molar-refractivity contribution in [3.05, 3.63) is 35.4 Å². The Morgan fingerprint density at radius 1 is 1.53 bits per heavy atom. The van der Waals surface area contributed by atoms with Crippen molar-refractivity contribution in [2.24, 2.45) is 0 Å². The summed E-state index contributed by atoms with van der Waals surface area (Å²) >= 11 is 0. The molecular weight excluding hydrogens is 188 g/mol. The molecule has 1 N–H and O–H groups in total. The van der Waals surface area contributed by atoms with Crippen molar-refractivity contribution in [2.45, 2.75) is 38.4 Å². The highest BCUT2D eigenvalue weighted by Crippen LogP contribution is 2.35. The minimum absolute atomic E-state index is 0.107. The van der Waals surface area contributed by atoms with E-state index in [1.165, 1.54) is 5.56 Å². The standard InChI is InChI=1S/C13H18O2/c1-3-11-5-4-6-12(9-11)13(14)7-8-15-10(13)2/h4-6,9-10,14H,3,7-8H2,1-2H3. The molecule has 0 amide bonds. The highest BCUT2D eigenvalue weighted by molar-refractivity contribution is 5.30. The monoisotopic (exact) mass is 206 g/mol. The van der Waals surface area contributed by atoms with E-state index in [1.54, 1.807) is 0 Å². The van der Waals surface area contributed by atoms with Crippen LogP contribution in [0, 0.1) is 0 Å². The third-order valence-electron chi connectivity index (χ3n) is 3.36. The summed E-state index contributed by atoms with van der Waals surface area (Å²) in [6.45, 7) is 4.71. The van der Waals surface area contributed by atoms with E-state index in [0.717, 1.165) is 12.0 Å². The SMILES string of the molecule is CCc1cccc(C2(O)CCOC2C)c1. The third-order valence-corrected chi connectivity index (χ3v) is 3.36. The van der Waals surface area contributed by atoms with Gasteiger partial charge in [0.2, 0.25) is 0 Å². The van der Waals surface area contributed by atoms with Crippen LogP contribution in [0.3, 0.4) is 0 Å². The summed E-state index contributed by atoms with van der Waals surface area (Å²) in [5.74, 6) is 0. The topological polar surface area (TPSA) is 29.5 Å². The molecule has 2 rings (SSSR count). The van der Waals surface area contributed by atoms with Gasteiger partial charge in [-0.05, 0) is 24.5 Å². The summed E-state index contributed by atoms with van der Waals surface area (Å²) in [6, 6.07) is 8.18. The van der Waals surface area contributed by atoms with Crippen LogP contribution in [0.15, 0.2) is 24.3 Å². The van der Waals surface area contributed by atoms with Gasteiger partial charge in [-0.15, -0.1) is 0 Å². The quantitative estimate of drug-likeness (QED) is 0.804. The van der Waals surface area contributed by atoms with Gasteiger partial charge in [0.15, 0.2) is 0 Å². The molecule has 0 bridgehead atoms. The summed E-state index contributed by atoms with van der Waals surface area (Å²) in [6.07, 6.45) is 1.59. The predicted octanol–water partition coefficient (Wildman–Crippen LogP) is 2.25. The van der Waals surface area contributed by atoms with Crippen LogP contribution in [0.4, 0.5) is 0 Å². The molecule has 0 aliphatic carbocycles. The average molecular weight is 206 g/mol. The Hall–Kier alpha value is -0.860. The Bertz CT molecular complexity index is 348. The van der Waals surface area contributed by atoms with Crippen molar-refractivity contribution in [3.63, 3.8) is 0 Å². The van der Waals surface area contributed by atoms with Crippen LogP contribution in [-0.4, -0.2) is 17.8 Å². The summed E-state index contributed by atoms with van der Waals surface area (Å²) in [5.41, 5.74) is 1.47. The van der Waals surface area contributed by atoms with E-state index in [1.807, 2.05) is 19.1 Å². The van der Waals surface area contributed by atoms with Crippen molar-refractivity contribution in [1.82, 2.24) is 0 Å². The molecule has 1 aromatic carbocycles. The zero-order valence-electron chi connectivity index (χ0n) is 9.36. The predicted molar refractivity (Wildman–Crippen MR) is 59.7 cm³/mol. The lowest BCUT2D eigenvalue weighted by atomic mass is 9.87. The molecule has 15 heavy (non-hydrogen) atoms. The normalized spacial score (nSPS) is 30.7. The lowest BCUT2D eigenvalue weighted by Gasteiger charge is -2.26. The second-order valence-electron chi connectivity index (χ2n) is 4.24. The molecule has 2 unspecified atom stereocenters. The van der Waals surface area contributed by atoms with Gasteiger partial charge in [0.25, 0.3) is 0 Å². The molecule has 0 saturated carbocycles. The molecule has 82 valence electrons. The van der Waals surface area contributed by atoms with Crippen LogP contribution in [0.5, 0.6) is 0 Å². The largest absolute Gasteiger partial charge is 0.382 e. The lowest BCUT2D eigenvalue weighted by molar-refractivity contribution is -0.0317. The number of hydrogen-bond donors (Lipinski definition) is 1. The number of rotatable bonds is 2. The fourth-order valence-electron chi connectivity index (χ4n) is 2.17. The Kier molecular flexibility index (Phi) is 2.81. The van der Waals surface area contributed by atoms with Crippen molar-refractivity contribution in [1.29, 1.82) is 0 Å². The first kappa shape index (κ1) is 10.7. The molecule has 2 heteroatoms. The Morgan fingerprint density at radius 3 is 2.93 bits per heavy atom. The number of aryl methyl sites for hydroxylation is 1. The lowest BCUT2D eigenvalue weighted by Crippen LogP contribution is -2.33. The van der Waals surface area contributed by atoms with Crippen molar-refractivity contribution < 1.29 is 9.84 Å². The van der Waals surface area contributed by atoms with Gasteiger partial charge in [-0.3, -0.25) is 0 Å².